The minimum atomic E-state index is -0.0485. The van der Waals surface area contributed by atoms with Crippen molar-refractivity contribution in [2.24, 2.45) is 5.92 Å². The van der Waals surface area contributed by atoms with E-state index in [2.05, 4.69) is 32.0 Å². The SMILES string of the molecule is CC(=O)N1CCN(C(=O)C2CC2c2ccc(Sc3ccccc3C(C)C)c(Cl)c2Cl)CC1. The molecule has 2 fully saturated rings. The zero-order valence-electron chi connectivity index (χ0n) is 18.6. The van der Waals surface area contributed by atoms with Crippen LogP contribution in [0.2, 0.25) is 10.0 Å². The summed E-state index contributed by atoms with van der Waals surface area (Å²) in [6, 6.07) is 12.4. The maximum Gasteiger partial charge on any atom is 0.226 e. The van der Waals surface area contributed by atoms with E-state index < -0.39 is 0 Å². The Morgan fingerprint density at radius 2 is 1.59 bits per heavy atom. The molecule has 4 nitrogen and oxygen atoms in total. The zero-order chi connectivity index (χ0) is 23.0. The number of carbonyl (C=O) groups is 2. The predicted molar refractivity (Wildman–Crippen MR) is 131 cm³/mol. The number of benzene rings is 2. The van der Waals surface area contributed by atoms with Gasteiger partial charge in [-0.25, -0.2) is 0 Å². The maximum atomic E-state index is 13.0. The van der Waals surface area contributed by atoms with Crippen LogP contribution in [-0.4, -0.2) is 47.8 Å². The van der Waals surface area contributed by atoms with Gasteiger partial charge in [-0.3, -0.25) is 9.59 Å². The van der Waals surface area contributed by atoms with Crippen LogP contribution in [0, 0.1) is 5.92 Å². The number of halogens is 2. The van der Waals surface area contributed by atoms with Crippen LogP contribution >= 0.6 is 35.0 Å². The van der Waals surface area contributed by atoms with Crippen molar-refractivity contribution in [3.63, 3.8) is 0 Å². The lowest BCUT2D eigenvalue weighted by Gasteiger charge is -2.34. The largest absolute Gasteiger partial charge is 0.339 e. The van der Waals surface area contributed by atoms with Gasteiger partial charge >= 0.3 is 0 Å². The molecule has 7 heteroatoms. The van der Waals surface area contributed by atoms with E-state index in [0.29, 0.717) is 42.1 Å². The molecule has 0 bridgehead atoms. The van der Waals surface area contributed by atoms with Crippen LogP contribution in [0.4, 0.5) is 0 Å². The van der Waals surface area contributed by atoms with Crippen LogP contribution in [0.5, 0.6) is 0 Å². The minimum absolute atomic E-state index is 0.0485. The first-order valence-electron chi connectivity index (χ1n) is 11.1. The molecule has 2 atom stereocenters. The Balaban J connectivity index is 1.45. The molecule has 0 radical (unpaired) electrons. The summed E-state index contributed by atoms with van der Waals surface area (Å²) in [5, 5.41) is 1.11. The van der Waals surface area contributed by atoms with E-state index in [1.165, 1.54) is 10.5 Å². The van der Waals surface area contributed by atoms with Gasteiger partial charge in [-0.2, -0.15) is 0 Å². The van der Waals surface area contributed by atoms with Gasteiger partial charge in [0, 0.05) is 48.8 Å². The monoisotopic (exact) mass is 490 g/mol. The summed E-state index contributed by atoms with van der Waals surface area (Å²) in [5.74, 6) is 0.710. The molecule has 0 N–H and O–H groups in total. The molecule has 32 heavy (non-hydrogen) atoms. The first-order valence-corrected chi connectivity index (χ1v) is 12.6. The number of rotatable bonds is 5. The maximum absolute atomic E-state index is 13.0. The van der Waals surface area contributed by atoms with Crippen LogP contribution in [0.3, 0.4) is 0 Å². The topological polar surface area (TPSA) is 40.6 Å². The first-order chi connectivity index (χ1) is 15.3. The summed E-state index contributed by atoms with van der Waals surface area (Å²) >= 11 is 15.0. The third-order valence-corrected chi connectivity index (χ3v) is 8.54. The molecular formula is C25H28Cl2N2O2S. The highest BCUT2D eigenvalue weighted by atomic mass is 35.5. The van der Waals surface area contributed by atoms with Gasteiger partial charge in [0.05, 0.1) is 10.0 Å². The second kappa shape index (κ2) is 9.66. The van der Waals surface area contributed by atoms with Gasteiger partial charge in [-0.15, -0.1) is 0 Å². The lowest BCUT2D eigenvalue weighted by molar-refractivity contribution is -0.139. The Bertz CT molecular complexity index is 1030. The second-order valence-electron chi connectivity index (χ2n) is 8.86. The summed E-state index contributed by atoms with van der Waals surface area (Å²) in [7, 11) is 0. The normalized spacial score (nSPS) is 20.6. The van der Waals surface area contributed by atoms with E-state index >= 15 is 0 Å². The number of hydrogen-bond donors (Lipinski definition) is 0. The third kappa shape index (κ3) is 4.80. The van der Waals surface area contributed by atoms with Gasteiger partial charge < -0.3 is 9.80 Å². The molecule has 2 amide bonds. The van der Waals surface area contributed by atoms with E-state index in [9.17, 15) is 9.59 Å². The van der Waals surface area contributed by atoms with Crippen LogP contribution in [-0.2, 0) is 9.59 Å². The van der Waals surface area contributed by atoms with Gasteiger partial charge in [0.15, 0.2) is 0 Å². The van der Waals surface area contributed by atoms with Gasteiger partial charge in [0.2, 0.25) is 11.8 Å². The first kappa shape index (κ1) is 23.5. The van der Waals surface area contributed by atoms with E-state index in [-0.39, 0.29) is 23.7 Å². The Morgan fingerprint density at radius 3 is 2.25 bits per heavy atom. The molecule has 4 rings (SSSR count). The molecule has 2 aromatic carbocycles. The van der Waals surface area contributed by atoms with E-state index in [1.807, 2.05) is 23.1 Å². The van der Waals surface area contributed by atoms with Crippen molar-refractivity contribution in [1.29, 1.82) is 0 Å². The molecule has 2 unspecified atom stereocenters. The average molecular weight is 491 g/mol. The second-order valence-corrected chi connectivity index (χ2v) is 10.7. The van der Waals surface area contributed by atoms with Crippen LogP contribution in [0.25, 0.3) is 0 Å². The molecule has 1 heterocycles. The van der Waals surface area contributed by atoms with Crippen molar-refractivity contribution >= 4 is 46.8 Å². The summed E-state index contributed by atoms with van der Waals surface area (Å²) in [4.78, 5) is 30.3. The van der Waals surface area contributed by atoms with Crippen LogP contribution in [0.15, 0.2) is 46.2 Å². The van der Waals surface area contributed by atoms with Gasteiger partial charge in [-0.05, 0) is 41.5 Å². The van der Waals surface area contributed by atoms with Crippen molar-refractivity contribution in [2.45, 2.75) is 48.8 Å². The fourth-order valence-electron chi connectivity index (χ4n) is 4.37. The predicted octanol–water partition coefficient (Wildman–Crippen LogP) is 6.06. The molecule has 2 aromatic rings. The molecule has 170 valence electrons. The Hall–Kier alpha value is -1.69. The quantitative estimate of drug-likeness (QED) is 0.511. The summed E-state index contributed by atoms with van der Waals surface area (Å²) in [6.45, 7) is 8.34. The molecule has 1 aliphatic carbocycles. The van der Waals surface area contributed by atoms with E-state index in [4.69, 9.17) is 23.2 Å². The van der Waals surface area contributed by atoms with E-state index in [1.54, 1.807) is 23.6 Å². The number of hydrogen-bond acceptors (Lipinski definition) is 3. The fourth-order valence-corrected chi connectivity index (χ4v) is 6.15. The molecule has 2 aliphatic rings. The minimum Gasteiger partial charge on any atom is -0.339 e. The van der Waals surface area contributed by atoms with E-state index in [0.717, 1.165) is 16.9 Å². The highest BCUT2D eigenvalue weighted by molar-refractivity contribution is 7.99. The number of piperazine rings is 1. The zero-order valence-corrected chi connectivity index (χ0v) is 20.9. The highest BCUT2D eigenvalue weighted by Gasteiger charge is 2.47. The molecular weight excluding hydrogens is 463 g/mol. The fraction of sp³-hybridized carbons (Fsp3) is 0.440. The van der Waals surface area contributed by atoms with Crippen molar-refractivity contribution in [2.75, 3.05) is 26.2 Å². The lowest BCUT2D eigenvalue weighted by Crippen LogP contribution is -2.50. The standard InChI is InChI=1S/C25H28Cl2N2O2S/c1-15(2)17-6-4-5-7-21(17)32-22-9-8-18(23(26)24(22)27)19-14-20(19)25(31)29-12-10-28(11-13-29)16(3)30/h4-9,15,19-20H,10-14H2,1-3H3. The summed E-state index contributed by atoms with van der Waals surface area (Å²) < 4.78 is 0. The Labute approximate surface area is 204 Å². The van der Waals surface area contributed by atoms with Crippen molar-refractivity contribution in [1.82, 2.24) is 9.80 Å². The molecule has 1 saturated carbocycles. The number of nitrogens with zero attached hydrogens (tertiary/aromatic N) is 2. The third-order valence-electron chi connectivity index (χ3n) is 6.38. The smallest absolute Gasteiger partial charge is 0.226 e. The summed E-state index contributed by atoms with van der Waals surface area (Å²) in [5.41, 5.74) is 2.24. The van der Waals surface area contributed by atoms with Gasteiger partial charge in [0.1, 0.15) is 0 Å². The molecule has 0 spiro atoms. The highest BCUT2D eigenvalue weighted by Crippen LogP contribution is 2.53. The van der Waals surface area contributed by atoms with Crippen LogP contribution in [0.1, 0.15) is 50.2 Å². The molecule has 1 aliphatic heterocycles. The summed E-state index contributed by atoms with van der Waals surface area (Å²) in [6.07, 6.45) is 0.796. The van der Waals surface area contributed by atoms with Gasteiger partial charge in [0.25, 0.3) is 0 Å². The molecule has 1 saturated heterocycles. The van der Waals surface area contributed by atoms with Crippen molar-refractivity contribution in [3.8, 4) is 0 Å². The molecule has 0 aromatic heterocycles. The van der Waals surface area contributed by atoms with Crippen molar-refractivity contribution < 1.29 is 9.59 Å². The Kier molecular flexibility index (Phi) is 7.09. The van der Waals surface area contributed by atoms with Gasteiger partial charge in [-0.1, -0.05) is 73.1 Å². The van der Waals surface area contributed by atoms with Crippen molar-refractivity contribution in [3.05, 3.63) is 57.6 Å². The van der Waals surface area contributed by atoms with Crippen LogP contribution < -0.4 is 0 Å². The average Bonchev–Trinajstić information content (AvgIpc) is 3.57. The number of carbonyl (C=O) groups excluding carboxylic acids is 2. The lowest BCUT2D eigenvalue weighted by atomic mass is 10.0. The Morgan fingerprint density at radius 1 is 0.938 bits per heavy atom. The number of amides is 2.